The SMILES string of the molecule is Cc1nc2ccccc2n1Cc1ccc(Br)o1. The fourth-order valence-corrected chi connectivity index (χ4v) is 2.33. The molecule has 0 radical (unpaired) electrons. The molecule has 3 nitrogen and oxygen atoms in total. The highest BCUT2D eigenvalue weighted by atomic mass is 79.9. The molecule has 1 aromatic carbocycles. The van der Waals surface area contributed by atoms with Crippen molar-refractivity contribution in [1.82, 2.24) is 9.55 Å². The third kappa shape index (κ3) is 1.89. The van der Waals surface area contributed by atoms with Crippen molar-refractivity contribution in [3.8, 4) is 0 Å². The van der Waals surface area contributed by atoms with Gasteiger partial charge >= 0.3 is 0 Å². The number of para-hydroxylation sites is 2. The van der Waals surface area contributed by atoms with Crippen molar-refractivity contribution in [2.75, 3.05) is 0 Å². The van der Waals surface area contributed by atoms with Crippen LogP contribution in [0.5, 0.6) is 0 Å². The standard InChI is InChI=1S/C13H11BrN2O/c1-9-15-11-4-2-3-5-12(11)16(9)8-10-6-7-13(14)17-10/h2-7H,8H2,1H3. The van der Waals surface area contributed by atoms with Crippen LogP contribution < -0.4 is 0 Å². The van der Waals surface area contributed by atoms with Crippen molar-refractivity contribution in [3.05, 3.63) is 52.7 Å². The summed E-state index contributed by atoms with van der Waals surface area (Å²) in [5.41, 5.74) is 2.16. The van der Waals surface area contributed by atoms with Gasteiger partial charge in [-0.25, -0.2) is 4.98 Å². The fourth-order valence-electron chi connectivity index (χ4n) is 1.99. The van der Waals surface area contributed by atoms with Crippen LogP contribution in [0.1, 0.15) is 11.6 Å². The summed E-state index contributed by atoms with van der Waals surface area (Å²) in [4.78, 5) is 4.53. The van der Waals surface area contributed by atoms with E-state index in [2.05, 4.69) is 31.5 Å². The first-order valence-corrected chi connectivity index (χ1v) is 6.19. The molecule has 0 aliphatic heterocycles. The predicted molar refractivity (Wildman–Crippen MR) is 70.0 cm³/mol. The smallest absolute Gasteiger partial charge is 0.169 e. The van der Waals surface area contributed by atoms with E-state index in [-0.39, 0.29) is 0 Å². The van der Waals surface area contributed by atoms with Crippen molar-refractivity contribution in [3.63, 3.8) is 0 Å². The largest absolute Gasteiger partial charge is 0.452 e. The third-order valence-electron chi connectivity index (χ3n) is 2.79. The van der Waals surface area contributed by atoms with E-state index < -0.39 is 0 Å². The normalized spacial score (nSPS) is 11.2. The van der Waals surface area contributed by atoms with Crippen molar-refractivity contribution in [2.24, 2.45) is 0 Å². The Morgan fingerprint density at radius 3 is 2.82 bits per heavy atom. The van der Waals surface area contributed by atoms with E-state index in [4.69, 9.17) is 4.42 Å². The molecular formula is C13H11BrN2O. The Morgan fingerprint density at radius 2 is 2.06 bits per heavy atom. The maximum Gasteiger partial charge on any atom is 0.169 e. The summed E-state index contributed by atoms with van der Waals surface area (Å²) in [5, 5.41) is 0. The van der Waals surface area contributed by atoms with Gasteiger partial charge in [-0.15, -0.1) is 0 Å². The zero-order chi connectivity index (χ0) is 11.8. The molecule has 0 aliphatic carbocycles. The Labute approximate surface area is 107 Å². The molecule has 0 bridgehead atoms. The second kappa shape index (κ2) is 4.04. The number of imidazole rings is 1. The van der Waals surface area contributed by atoms with Crippen LogP contribution in [-0.2, 0) is 6.54 Å². The number of fused-ring (bicyclic) bond motifs is 1. The Bertz CT molecular complexity index is 669. The number of benzene rings is 1. The number of nitrogens with zero attached hydrogens (tertiary/aromatic N) is 2. The van der Waals surface area contributed by atoms with Gasteiger partial charge in [-0.3, -0.25) is 0 Å². The van der Waals surface area contributed by atoms with Crippen LogP contribution in [0.3, 0.4) is 0 Å². The molecule has 17 heavy (non-hydrogen) atoms. The number of hydrogen-bond donors (Lipinski definition) is 0. The molecule has 0 atom stereocenters. The van der Waals surface area contributed by atoms with Crippen LogP contribution in [0.4, 0.5) is 0 Å². The number of furan rings is 1. The summed E-state index contributed by atoms with van der Waals surface area (Å²) in [6.07, 6.45) is 0. The average Bonchev–Trinajstić information content (AvgIpc) is 2.85. The first-order chi connectivity index (χ1) is 8.24. The highest BCUT2D eigenvalue weighted by Crippen LogP contribution is 2.20. The summed E-state index contributed by atoms with van der Waals surface area (Å²) < 4.78 is 8.44. The van der Waals surface area contributed by atoms with Crippen molar-refractivity contribution < 1.29 is 4.42 Å². The second-order valence-corrected chi connectivity index (χ2v) is 4.72. The van der Waals surface area contributed by atoms with Crippen LogP contribution in [0.25, 0.3) is 11.0 Å². The predicted octanol–water partition coefficient (Wildman–Crippen LogP) is 3.75. The van der Waals surface area contributed by atoms with Gasteiger partial charge in [0.25, 0.3) is 0 Å². The van der Waals surface area contributed by atoms with Gasteiger partial charge in [0, 0.05) is 0 Å². The second-order valence-electron chi connectivity index (χ2n) is 3.94. The lowest BCUT2D eigenvalue weighted by Crippen LogP contribution is -2.00. The highest BCUT2D eigenvalue weighted by Gasteiger charge is 2.08. The molecule has 3 aromatic rings. The molecule has 0 spiro atoms. The van der Waals surface area contributed by atoms with Crippen LogP contribution >= 0.6 is 15.9 Å². The maximum atomic E-state index is 5.53. The van der Waals surface area contributed by atoms with E-state index >= 15 is 0 Å². The first kappa shape index (κ1) is 10.6. The van der Waals surface area contributed by atoms with Gasteiger partial charge < -0.3 is 8.98 Å². The maximum absolute atomic E-state index is 5.53. The molecule has 3 rings (SSSR count). The average molecular weight is 291 g/mol. The van der Waals surface area contributed by atoms with Crippen LogP contribution in [0.15, 0.2) is 45.5 Å². The number of hydrogen-bond acceptors (Lipinski definition) is 2. The molecule has 0 N–H and O–H groups in total. The minimum absolute atomic E-state index is 0.706. The van der Waals surface area contributed by atoms with Crippen LogP contribution in [-0.4, -0.2) is 9.55 Å². The highest BCUT2D eigenvalue weighted by molar-refractivity contribution is 9.10. The molecule has 2 heterocycles. The van der Waals surface area contributed by atoms with Gasteiger partial charge in [-0.05, 0) is 47.1 Å². The van der Waals surface area contributed by atoms with Gasteiger partial charge in [0.15, 0.2) is 4.67 Å². The minimum atomic E-state index is 0.706. The van der Waals surface area contributed by atoms with Crippen molar-refractivity contribution >= 4 is 27.0 Å². The quantitative estimate of drug-likeness (QED) is 0.720. The molecular weight excluding hydrogens is 280 g/mol. The van der Waals surface area contributed by atoms with Gasteiger partial charge in [0.1, 0.15) is 11.6 Å². The molecule has 0 saturated carbocycles. The summed E-state index contributed by atoms with van der Waals surface area (Å²) in [5.74, 6) is 1.92. The molecule has 0 aliphatic rings. The summed E-state index contributed by atoms with van der Waals surface area (Å²) in [7, 11) is 0. The zero-order valence-electron chi connectivity index (χ0n) is 9.35. The molecule has 0 unspecified atom stereocenters. The Kier molecular flexibility index (Phi) is 2.52. The first-order valence-electron chi connectivity index (χ1n) is 5.40. The zero-order valence-corrected chi connectivity index (χ0v) is 10.9. The molecule has 86 valence electrons. The number of aryl methyl sites for hydroxylation is 1. The van der Waals surface area contributed by atoms with E-state index in [9.17, 15) is 0 Å². The van der Waals surface area contributed by atoms with E-state index in [1.165, 1.54) is 0 Å². The molecule has 4 heteroatoms. The Balaban J connectivity index is 2.08. The molecule has 0 fully saturated rings. The van der Waals surface area contributed by atoms with Crippen molar-refractivity contribution in [1.29, 1.82) is 0 Å². The van der Waals surface area contributed by atoms with E-state index in [0.29, 0.717) is 6.54 Å². The fraction of sp³-hybridized carbons (Fsp3) is 0.154. The number of aromatic nitrogens is 2. The summed E-state index contributed by atoms with van der Waals surface area (Å²) in [6, 6.07) is 12.0. The Hall–Kier alpha value is -1.55. The summed E-state index contributed by atoms with van der Waals surface area (Å²) >= 11 is 3.31. The van der Waals surface area contributed by atoms with Crippen LogP contribution in [0.2, 0.25) is 0 Å². The monoisotopic (exact) mass is 290 g/mol. The third-order valence-corrected chi connectivity index (χ3v) is 3.21. The Morgan fingerprint density at radius 1 is 1.24 bits per heavy atom. The van der Waals surface area contributed by atoms with Crippen molar-refractivity contribution in [2.45, 2.75) is 13.5 Å². The van der Waals surface area contributed by atoms with E-state index in [1.807, 2.05) is 37.3 Å². The number of rotatable bonds is 2. The minimum Gasteiger partial charge on any atom is -0.452 e. The van der Waals surface area contributed by atoms with Gasteiger partial charge in [0.2, 0.25) is 0 Å². The van der Waals surface area contributed by atoms with Gasteiger partial charge in [0.05, 0.1) is 17.6 Å². The molecule has 0 amide bonds. The van der Waals surface area contributed by atoms with E-state index in [0.717, 1.165) is 27.3 Å². The van der Waals surface area contributed by atoms with Gasteiger partial charge in [-0.1, -0.05) is 12.1 Å². The summed E-state index contributed by atoms with van der Waals surface area (Å²) in [6.45, 7) is 2.72. The lowest BCUT2D eigenvalue weighted by Gasteiger charge is -2.03. The van der Waals surface area contributed by atoms with Gasteiger partial charge in [-0.2, -0.15) is 0 Å². The lowest BCUT2D eigenvalue weighted by atomic mass is 10.3. The number of halogens is 1. The van der Waals surface area contributed by atoms with Crippen LogP contribution in [0, 0.1) is 6.92 Å². The van der Waals surface area contributed by atoms with E-state index in [1.54, 1.807) is 0 Å². The molecule has 0 saturated heterocycles. The lowest BCUT2D eigenvalue weighted by molar-refractivity contribution is 0.474. The topological polar surface area (TPSA) is 31.0 Å². The molecule has 2 aromatic heterocycles.